The van der Waals surface area contributed by atoms with Crippen molar-refractivity contribution in [2.75, 3.05) is 5.75 Å². The van der Waals surface area contributed by atoms with Crippen LogP contribution in [0, 0.1) is 10.1 Å². The summed E-state index contributed by atoms with van der Waals surface area (Å²) >= 11 is 13.3. The molecule has 4 rings (SSSR count). The van der Waals surface area contributed by atoms with Crippen LogP contribution in [0.2, 0.25) is 10.0 Å². The summed E-state index contributed by atoms with van der Waals surface area (Å²) in [5, 5.41) is 25.2. The molecule has 0 spiro atoms. The second-order valence-electron chi connectivity index (χ2n) is 7.40. The van der Waals surface area contributed by atoms with Gasteiger partial charge < -0.3 is 0 Å². The molecule has 0 bridgehead atoms. The van der Waals surface area contributed by atoms with Crippen LogP contribution in [0.1, 0.15) is 5.56 Å². The van der Waals surface area contributed by atoms with Crippen LogP contribution in [-0.4, -0.2) is 37.6 Å². The van der Waals surface area contributed by atoms with Gasteiger partial charge in [-0.15, -0.1) is 10.2 Å². The first-order chi connectivity index (χ1) is 17.9. The van der Waals surface area contributed by atoms with Gasteiger partial charge in [-0.2, -0.15) is 5.10 Å². The zero-order valence-electron chi connectivity index (χ0n) is 19.0. The molecular weight excluding hydrogens is 535 g/mol. The number of allylic oxidation sites excluding steroid dienone is 1. The second-order valence-corrected chi connectivity index (χ2v) is 9.22. The van der Waals surface area contributed by atoms with Gasteiger partial charge in [0.25, 0.3) is 11.6 Å². The molecule has 0 fully saturated rings. The standard InChI is InChI=1S/C25H18Cl2N6O3S/c26-19-9-7-18(8-10-19)24-30-31-25(32(24)21-13-11-20(27)12-14-21)37-16-23(34)29-28-15-3-5-17-4-1-2-6-22(17)33(35)36/h1-15H,16H2,(H,29,34)/b5-3+,28-15-. The number of halogens is 2. The van der Waals surface area contributed by atoms with Gasteiger partial charge in [0.15, 0.2) is 11.0 Å². The molecule has 1 amide bonds. The van der Waals surface area contributed by atoms with E-state index >= 15 is 0 Å². The van der Waals surface area contributed by atoms with Gasteiger partial charge in [0.1, 0.15) is 0 Å². The summed E-state index contributed by atoms with van der Waals surface area (Å²) in [5.74, 6) is 0.247. The Morgan fingerprint density at radius 1 is 1.03 bits per heavy atom. The van der Waals surface area contributed by atoms with Gasteiger partial charge >= 0.3 is 0 Å². The Labute approximate surface area is 226 Å². The minimum Gasteiger partial charge on any atom is -0.272 e. The molecule has 0 saturated carbocycles. The van der Waals surface area contributed by atoms with Crippen LogP contribution in [-0.2, 0) is 4.79 Å². The number of rotatable bonds is 9. The zero-order chi connectivity index (χ0) is 26.2. The fourth-order valence-electron chi connectivity index (χ4n) is 3.23. The lowest BCUT2D eigenvalue weighted by molar-refractivity contribution is -0.385. The number of benzene rings is 3. The average molecular weight is 553 g/mol. The lowest BCUT2D eigenvalue weighted by atomic mass is 10.2. The number of thioether (sulfide) groups is 1. The van der Waals surface area contributed by atoms with Crippen molar-refractivity contribution in [3.63, 3.8) is 0 Å². The van der Waals surface area contributed by atoms with Gasteiger partial charge in [0.05, 0.1) is 16.2 Å². The number of hydrogen-bond donors (Lipinski definition) is 1. The highest BCUT2D eigenvalue weighted by Crippen LogP contribution is 2.29. The number of hydrazone groups is 1. The number of carbonyl (C=O) groups is 1. The van der Waals surface area contributed by atoms with E-state index in [0.717, 1.165) is 11.3 Å². The average Bonchev–Trinajstić information content (AvgIpc) is 3.32. The van der Waals surface area contributed by atoms with Crippen molar-refractivity contribution in [2.24, 2.45) is 5.10 Å². The number of nitro groups is 1. The molecule has 0 unspecified atom stereocenters. The lowest BCUT2D eigenvalue weighted by Gasteiger charge is -2.10. The Kier molecular flexibility index (Phi) is 8.68. The SMILES string of the molecule is O=C(CSc1nnc(-c2ccc(Cl)cc2)n1-c1ccc(Cl)cc1)N/N=C\C=C\c1ccccc1[N+](=O)[O-]. The summed E-state index contributed by atoms with van der Waals surface area (Å²) in [4.78, 5) is 23.0. The molecule has 9 nitrogen and oxygen atoms in total. The van der Waals surface area contributed by atoms with Crippen LogP contribution in [0.3, 0.4) is 0 Å². The summed E-state index contributed by atoms with van der Waals surface area (Å²) in [6.07, 6.45) is 4.38. The Hall–Kier alpha value is -3.99. The molecule has 1 heterocycles. The third-order valence-electron chi connectivity index (χ3n) is 4.91. The molecule has 0 saturated heterocycles. The maximum absolute atomic E-state index is 12.4. The molecule has 186 valence electrons. The summed E-state index contributed by atoms with van der Waals surface area (Å²) in [7, 11) is 0. The maximum atomic E-state index is 12.4. The van der Waals surface area contributed by atoms with Crippen molar-refractivity contribution in [3.05, 3.63) is 105 Å². The number of amides is 1. The molecular formula is C25H18Cl2N6O3S. The fourth-order valence-corrected chi connectivity index (χ4v) is 4.22. The molecule has 4 aromatic rings. The minimum atomic E-state index is -0.461. The van der Waals surface area contributed by atoms with E-state index in [4.69, 9.17) is 23.2 Å². The van der Waals surface area contributed by atoms with E-state index in [1.54, 1.807) is 42.5 Å². The van der Waals surface area contributed by atoms with Crippen LogP contribution in [0.5, 0.6) is 0 Å². The number of nitro benzene ring substituents is 1. The summed E-state index contributed by atoms with van der Waals surface area (Å²) in [6, 6.07) is 20.7. The van der Waals surface area contributed by atoms with E-state index in [0.29, 0.717) is 26.6 Å². The van der Waals surface area contributed by atoms with Crippen molar-refractivity contribution in [1.29, 1.82) is 0 Å². The predicted octanol–water partition coefficient (Wildman–Crippen LogP) is 6.06. The Bertz CT molecular complexity index is 1470. The third kappa shape index (κ3) is 6.82. The van der Waals surface area contributed by atoms with Crippen LogP contribution >= 0.6 is 35.0 Å². The molecule has 0 aliphatic rings. The summed E-state index contributed by atoms with van der Waals surface area (Å²) in [6.45, 7) is 0. The lowest BCUT2D eigenvalue weighted by Crippen LogP contribution is -2.19. The fraction of sp³-hybridized carbons (Fsp3) is 0.0400. The highest BCUT2D eigenvalue weighted by molar-refractivity contribution is 7.99. The van der Waals surface area contributed by atoms with Gasteiger partial charge in [-0.1, -0.05) is 47.1 Å². The predicted molar refractivity (Wildman–Crippen MR) is 146 cm³/mol. The van der Waals surface area contributed by atoms with Crippen LogP contribution in [0.25, 0.3) is 23.2 Å². The van der Waals surface area contributed by atoms with Crippen molar-refractivity contribution in [3.8, 4) is 17.1 Å². The first-order valence-corrected chi connectivity index (χ1v) is 12.5. The van der Waals surface area contributed by atoms with Gasteiger partial charge in [-0.3, -0.25) is 19.5 Å². The van der Waals surface area contributed by atoms with Gasteiger partial charge in [0.2, 0.25) is 0 Å². The number of hydrogen-bond acceptors (Lipinski definition) is 7. The largest absolute Gasteiger partial charge is 0.276 e. The summed E-state index contributed by atoms with van der Waals surface area (Å²) < 4.78 is 1.83. The van der Waals surface area contributed by atoms with E-state index in [9.17, 15) is 14.9 Å². The van der Waals surface area contributed by atoms with E-state index < -0.39 is 4.92 Å². The Morgan fingerprint density at radius 2 is 1.70 bits per heavy atom. The van der Waals surface area contributed by atoms with Crippen molar-refractivity contribution < 1.29 is 9.72 Å². The molecule has 37 heavy (non-hydrogen) atoms. The number of carbonyl (C=O) groups excluding carboxylic acids is 1. The van der Waals surface area contributed by atoms with Crippen LogP contribution in [0.15, 0.2) is 89.1 Å². The van der Waals surface area contributed by atoms with Crippen molar-refractivity contribution >= 4 is 58.8 Å². The normalized spacial score (nSPS) is 11.3. The highest BCUT2D eigenvalue weighted by Gasteiger charge is 2.17. The zero-order valence-corrected chi connectivity index (χ0v) is 21.3. The van der Waals surface area contributed by atoms with E-state index in [1.807, 2.05) is 28.8 Å². The summed E-state index contributed by atoms with van der Waals surface area (Å²) in [5.41, 5.74) is 4.42. The number of aromatic nitrogens is 3. The van der Waals surface area contributed by atoms with Gasteiger partial charge in [-0.05, 0) is 66.7 Å². The molecule has 1 aromatic heterocycles. The highest BCUT2D eigenvalue weighted by atomic mass is 35.5. The number of nitrogens with one attached hydrogen (secondary N) is 1. The molecule has 0 aliphatic carbocycles. The minimum absolute atomic E-state index is 0.0182. The van der Waals surface area contributed by atoms with E-state index in [-0.39, 0.29) is 17.3 Å². The smallest absolute Gasteiger partial charge is 0.272 e. The Morgan fingerprint density at radius 3 is 2.41 bits per heavy atom. The second kappa shape index (κ2) is 12.3. The molecule has 1 N–H and O–H groups in total. The van der Waals surface area contributed by atoms with Crippen LogP contribution < -0.4 is 5.43 Å². The topological polar surface area (TPSA) is 115 Å². The molecule has 12 heteroatoms. The third-order valence-corrected chi connectivity index (χ3v) is 6.34. The van der Waals surface area contributed by atoms with Gasteiger partial charge in [0, 0.05) is 33.6 Å². The van der Waals surface area contributed by atoms with Crippen molar-refractivity contribution in [1.82, 2.24) is 20.2 Å². The van der Waals surface area contributed by atoms with Gasteiger partial charge in [-0.25, -0.2) is 5.43 Å². The Balaban J connectivity index is 1.44. The molecule has 0 radical (unpaired) electrons. The first-order valence-electron chi connectivity index (χ1n) is 10.7. The first kappa shape index (κ1) is 26.1. The van der Waals surface area contributed by atoms with E-state index in [1.165, 1.54) is 36.2 Å². The monoisotopic (exact) mass is 552 g/mol. The van der Waals surface area contributed by atoms with Crippen molar-refractivity contribution in [2.45, 2.75) is 5.16 Å². The molecule has 0 atom stereocenters. The van der Waals surface area contributed by atoms with Crippen LogP contribution in [0.4, 0.5) is 5.69 Å². The molecule has 0 aliphatic heterocycles. The maximum Gasteiger partial charge on any atom is 0.276 e. The molecule has 3 aromatic carbocycles. The number of para-hydroxylation sites is 1. The number of nitrogens with zero attached hydrogens (tertiary/aromatic N) is 5. The quantitative estimate of drug-likeness (QED) is 0.117. The van der Waals surface area contributed by atoms with E-state index in [2.05, 4.69) is 20.7 Å².